The number of hydrogen-bond donors (Lipinski definition) is 1. The van der Waals surface area contributed by atoms with Gasteiger partial charge < -0.3 is 15.0 Å². The number of pyridine rings is 1. The first-order chi connectivity index (χ1) is 14.5. The molecule has 1 N–H and O–H groups in total. The van der Waals surface area contributed by atoms with Crippen molar-refractivity contribution in [2.45, 2.75) is 59.4 Å². The van der Waals surface area contributed by atoms with Crippen LogP contribution in [0.4, 0.5) is 0 Å². The molecule has 0 aliphatic carbocycles. The first-order valence-electron chi connectivity index (χ1n) is 11.1. The third kappa shape index (κ3) is 4.26. The highest BCUT2D eigenvalue weighted by atomic mass is 32.1. The number of nitrogens with zero attached hydrogens (tertiary/aromatic N) is 2. The highest BCUT2D eigenvalue weighted by Crippen LogP contribution is 2.36. The number of carbonyl (C=O) groups is 1. The second-order valence-corrected chi connectivity index (χ2v) is 9.93. The molecule has 2 aromatic heterocycles. The van der Waals surface area contributed by atoms with Gasteiger partial charge in [0, 0.05) is 27.6 Å². The summed E-state index contributed by atoms with van der Waals surface area (Å²) in [4.78, 5) is 22.9. The number of aromatic nitrogens is 1. The maximum absolute atomic E-state index is 13.6. The summed E-state index contributed by atoms with van der Waals surface area (Å²) >= 11 is 1.89. The van der Waals surface area contributed by atoms with Gasteiger partial charge in [-0.25, -0.2) is 4.98 Å². The summed E-state index contributed by atoms with van der Waals surface area (Å²) in [6.07, 6.45) is 5.60. The number of amides is 1. The Hall–Kier alpha value is -1.92. The van der Waals surface area contributed by atoms with Crippen molar-refractivity contribution in [2.75, 3.05) is 26.7 Å². The van der Waals surface area contributed by atoms with E-state index in [1.165, 1.54) is 28.2 Å². The standard InChI is InChI=1S/C24H33N3O2S/c1-15-12-16(2)26-23(29-4)19(15)14-27-11-5-6-20-22(24(27)28)17(3)21(30-20)13-18-7-9-25-10-8-18/h12,18,25H,5-11,13-14H2,1-4H3. The van der Waals surface area contributed by atoms with Gasteiger partial charge in [0.1, 0.15) is 0 Å². The summed E-state index contributed by atoms with van der Waals surface area (Å²) in [6, 6.07) is 2.07. The molecule has 0 radical (unpaired) electrons. The quantitative estimate of drug-likeness (QED) is 0.777. The zero-order valence-electron chi connectivity index (χ0n) is 18.6. The number of ether oxygens (including phenoxy) is 1. The first-order valence-corrected chi connectivity index (χ1v) is 11.9. The third-order valence-corrected chi connectivity index (χ3v) is 7.94. The van der Waals surface area contributed by atoms with Crippen LogP contribution in [0.3, 0.4) is 0 Å². The van der Waals surface area contributed by atoms with Crippen LogP contribution in [0.15, 0.2) is 6.07 Å². The van der Waals surface area contributed by atoms with Gasteiger partial charge in [-0.2, -0.15) is 0 Å². The number of piperidine rings is 1. The molecule has 1 saturated heterocycles. The fourth-order valence-electron chi connectivity index (χ4n) is 4.85. The van der Waals surface area contributed by atoms with E-state index >= 15 is 0 Å². The summed E-state index contributed by atoms with van der Waals surface area (Å²) in [6.45, 7) is 9.78. The Morgan fingerprint density at radius 2 is 2.03 bits per heavy atom. The molecule has 0 atom stereocenters. The molecular weight excluding hydrogens is 394 g/mol. The molecule has 2 aliphatic heterocycles. The fourth-order valence-corrected chi connectivity index (χ4v) is 6.31. The maximum Gasteiger partial charge on any atom is 0.255 e. The smallest absolute Gasteiger partial charge is 0.255 e. The lowest BCUT2D eigenvalue weighted by Crippen LogP contribution is -2.31. The van der Waals surface area contributed by atoms with E-state index in [0.717, 1.165) is 67.2 Å². The number of aryl methyl sites for hydroxylation is 3. The van der Waals surface area contributed by atoms with Gasteiger partial charge in [0.25, 0.3) is 5.91 Å². The van der Waals surface area contributed by atoms with E-state index in [0.29, 0.717) is 12.4 Å². The molecule has 0 spiro atoms. The molecule has 4 rings (SSSR count). The van der Waals surface area contributed by atoms with Crippen molar-refractivity contribution in [1.29, 1.82) is 0 Å². The number of hydrogen-bond acceptors (Lipinski definition) is 5. The number of nitrogens with one attached hydrogen (secondary N) is 1. The molecule has 4 heterocycles. The normalized spacial score (nSPS) is 17.7. The molecule has 2 aromatic rings. The number of thiophene rings is 1. The first kappa shape index (κ1) is 21.3. The highest BCUT2D eigenvalue weighted by Gasteiger charge is 2.29. The molecule has 0 unspecified atom stereocenters. The average Bonchev–Trinajstić information content (AvgIpc) is 2.94. The van der Waals surface area contributed by atoms with Crippen molar-refractivity contribution in [3.8, 4) is 5.88 Å². The van der Waals surface area contributed by atoms with Crippen molar-refractivity contribution in [3.63, 3.8) is 0 Å². The molecule has 1 fully saturated rings. The van der Waals surface area contributed by atoms with Gasteiger partial charge in [-0.05, 0) is 89.1 Å². The van der Waals surface area contributed by atoms with Gasteiger partial charge in [-0.3, -0.25) is 4.79 Å². The van der Waals surface area contributed by atoms with E-state index in [2.05, 4.69) is 30.2 Å². The topological polar surface area (TPSA) is 54.5 Å². The Morgan fingerprint density at radius 3 is 2.77 bits per heavy atom. The van der Waals surface area contributed by atoms with Gasteiger partial charge in [0.05, 0.1) is 19.2 Å². The number of carbonyl (C=O) groups excluding carboxylic acids is 1. The van der Waals surface area contributed by atoms with E-state index in [-0.39, 0.29) is 5.91 Å². The third-order valence-electron chi connectivity index (χ3n) is 6.56. The molecule has 0 aromatic carbocycles. The second kappa shape index (κ2) is 9.06. The lowest BCUT2D eigenvalue weighted by atomic mass is 9.92. The minimum absolute atomic E-state index is 0.176. The maximum atomic E-state index is 13.6. The Balaban J connectivity index is 1.59. The van der Waals surface area contributed by atoms with Gasteiger partial charge in [-0.15, -0.1) is 11.3 Å². The summed E-state index contributed by atoms with van der Waals surface area (Å²) in [5.41, 5.74) is 5.27. The molecule has 162 valence electrons. The molecule has 6 heteroatoms. The minimum atomic E-state index is 0.176. The number of fused-ring (bicyclic) bond motifs is 1. The lowest BCUT2D eigenvalue weighted by molar-refractivity contribution is 0.0746. The van der Waals surface area contributed by atoms with Crippen LogP contribution in [0.2, 0.25) is 0 Å². The summed E-state index contributed by atoms with van der Waals surface area (Å²) in [5.74, 6) is 1.55. The van der Waals surface area contributed by atoms with E-state index < -0.39 is 0 Å². The Bertz CT molecular complexity index is 931. The predicted octanol–water partition coefficient (Wildman–Crippen LogP) is 4.21. The summed E-state index contributed by atoms with van der Waals surface area (Å²) in [5, 5.41) is 3.45. The highest BCUT2D eigenvalue weighted by molar-refractivity contribution is 7.12. The SMILES string of the molecule is COc1nc(C)cc(C)c1CN1CCCc2sc(CC3CCNCC3)c(C)c2C1=O. The van der Waals surface area contributed by atoms with Crippen LogP contribution in [0.25, 0.3) is 0 Å². The van der Waals surface area contributed by atoms with E-state index in [4.69, 9.17) is 4.74 Å². The number of rotatable bonds is 5. The van der Waals surface area contributed by atoms with Crippen LogP contribution in [0, 0.1) is 26.7 Å². The van der Waals surface area contributed by atoms with Gasteiger partial charge in [0.2, 0.25) is 5.88 Å². The molecule has 1 amide bonds. The minimum Gasteiger partial charge on any atom is -0.481 e. The molecule has 0 saturated carbocycles. The fraction of sp³-hybridized carbons (Fsp3) is 0.583. The van der Waals surface area contributed by atoms with Crippen LogP contribution in [-0.4, -0.2) is 42.5 Å². The second-order valence-electron chi connectivity index (χ2n) is 8.74. The molecule has 2 aliphatic rings. The zero-order chi connectivity index (χ0) is 21.3. The van der Waals surface area contributed by atoms with E-state index in [9.17, 15) is 4.79 Å². The monoisotopic (exact) mass is 427 g/mol. The van der Waals surface area contributed by atoms with Crippen molar-refractivity contribution < 1.29 is 9.53 Å². The van der Waals surface area contributed by atoms with Crippen LogP contribution in [0.5, 0.6) is 5.88 Å². The largest absolute Gasteiger partial charge is 0.481 e. The van der Waals surface area contributed by atoms with Crippen LogP contribution < -0.4 is 10.1 Å². The van der Waals surface area contributed by atoms with Crippen molar-refractivity contribution in [3.05, 3.63) is 43.8 Å². The van der Waals surface area contributed by atoms with Crippen LogP contribution in [0.1, 0.15) is 61.8 Å². The van der Waals surface area contributed by atoms with Crippen molar-refractivity contribution in [2.24, 2.45) is 5.92 Å². The van der Waals surface area contributed by atoms with Crippen molar-refractivity contribution in [1.82, 2.24) is 15.2 Å². The van der Waals surface area contributed by atoms with Crippen LogP contribution >= 0.6 is 11.3 Å². The van der Waals surface area contributed by atoms with Gasteiger partial charge in [0.15, 0.2) is 0 Å². The van der Waals surface area contributed by atoms with E-state index in [1.54, 1.807) is 7.11 Å². The molecular formula is C24H33N3O2S. The molecule has 0 bridgehead atoms. The Labute approximate surface area is 183 Å². The molecule has 5 nitrogen and oxygen atoms in total. The average molecular weight is 428 g/mol. The van der Waals surface area contributed by atoms with Gasteiger partial charge >= 0.3 is 0 Å². The Morgan fingerprint density at radius 1 is 1.27 bits per heavy atom. The summed E-state index contributed by atoms with van der Waals surface area (Å²) < 4.78 is 5.54. The molecule has 30 heavy (non-hydrogen) atoms. The van der Waals surface area contributed by atoms with Crippen molar-refractivity contribution >= 4 is 17.2 Å². The zero-order valence-corrected chi connectivity index (χ0v) is 19.5. The van der Waals surface area contributed by atoms with E-state index in [1.807, 2.05) is 23.2 Å². The van der Waals surface area contributed by atoms with Gasteiger partial charge in [-0.1, -0.05) is 0 Å². The Kier molecular flexibility index (Phi) is 6.44. The predicted molar refractivity (Wildman–Crippen MR) is 122 cm³/mol. The number of methoxy groups -OCH3 is 1. The lowest BCUT2D eigenvalue weighted by Gasteiger charge is -2.24. The van der Waals surface area contributed by atoms with Crippen LogP contribution in [-0.2, 0) is 19.4 Å². The summed E-state index contributed by atoms with van der Waals surface area (Å²) in [7, 11) is 1.66.